The molecule has 0 bridgehead atoms. The van der Waals surface area contributed by atoms with Crippen LogP contribution in [0.5, 0.6) is 0 Å². The molecule has 0 fully saturated rings. The summed E-state index contributed by atoms with van der Waals surface area (Å²) in [4.78, 5) is 21.3. The monoisotopic (exact) mass is 1530 g/mol. The van der Waals surface area contributed by atoms with Gasteiger partial charge in [-0.15, -0.1) is 0 Å². The van der Waals surface area contributed by atoms with Crippen LogP contribution in [0.2, 0.25) is 0 Å². The molecule has 120 heavy (non-hydrogen) atoms. The molecule has 560 valence electrons. The highest BCUT2D eigenvalue weighted by Gasteiger charge is 2.25. The highest BCUT2D eigenvalue weighted by Crippen LogP contribution is 2.46. The number of benzene rings is 18. The van der Waals surface area contributed by atoms with E-state index in [-0.39, 0.29) is 0 Å². The fourth-order valence-corrected chi connectivity index (χ4v) is 18.2. The van der Waals surface area contributed by atoms with Gasteiger partial charge in [-0.1, -0.05) is 315 Å². The molecule has 0 saturated heterocycles. The first-order chi connectivity index (χ1) is 59.5. The number of nitrogens with zero attached hydrogens (tertiary/aromatic N) is 8. The minimum atomic E-state index is 0.677. The normalized spacial score (nSPS) is 11.7. The van der Waals surface area contributed by atoms with Crippen LogP contribution in [0.1, 0.15) is 0 Å². The summed E-state index contributed by atoms with van der Waals surface area (Å²) in [5.74, 6) is 1.36. The topological polar surface area (TPSA) is 71.3 Å². The summed E-state index contributed by atoms with van der Waals surface area (Å²) < 4.78 is 9.72. The largest absolute Gasteiger partial charge is 0.309 e. The molecule has 8 nitrogen and oxygen atoms in total. The van der Waals surface area contributed by atoms with Crippen LogP contribution in [0.25, 0.3) is 222 Å². The molecule has 18 aromatic carbocycles. The Kier molecular flexibility index (Phi) is 16.7. The summed E-state index contributed by atoms with van der Waals surface area (Å²) in [5.41, 5.74) is 27.9. The van der Waals surface area contributed by atoms with E-state index in [0.717, 1.165) is 134 Å². The summed E-state index contributed by atoms with van der Waals surface area (Å²) in [6.07, 6.45) is 0. The fraction of sp³-hybridized carbons (Fsp3) is 0. The Labute approximate surface area is 692 Å². The van der Waals surface area contributed by atoms with Gasteiger partial charge in [-0.3, -0.25) is 0 Å². The van der Waals surface area contributed by atoms with E-state index in [1.807, 2.05) is 18.2 Å². The molecule has 8 heteroatoms. The van der Waals surface area contributed by atoms with Gasteiger partial charge in [-0.05, 0) is 154 Å². The molecule has 0 saturated carbocycles. The van der Waals surface area contributed by atoms with Crippen LogP contribution >= 0.6 is 0 Å². The van der Waals surface area contributed by atoms with Gasteiger partial charge in [0.25, 0.3) is 0 Å². The SMILES string of the molecule is c1ccc(-c2cccc(-c3cc(-c4ccccc4)nc(-c4cc(-n5c6ccccc6c6cc7c8ccccc8n(-c8ccccc8)c7cc65)c5ccccc5c4)n3)c2)cc1.c1ccc(-c2cccc(-c3nc(-c4ccccc4)cc(-c4cc(-n5c6ccccc6c6cc7c8ccccc8n(-c8ccccc8)c7cc65)c5ccccc5c4)n3)c2)cc1. The Morgan fingerprint density at radius 1 is 0.142 bits per heavy atom. The van der Waals surface area contributed by atoms with E-state index in [4.69, 9.17) is 19.9 Å². The third kappa shape index (κ3) is 12.0. The molecule has 0 amide bonds. The molecule has 6 aromatic heterocycles. The Balaban J connectivity index is 0.000000140. The lowest BCUT2D eigenvalue weighted by atomic mass is 10.00. The van der Waals surface area contributed by atoms with Gasteiger partial charge in [0, 0.05) is 98.6 Å². The van der Waals surface area contributed by atoms with Crippen LogP contribution in [-0.4, -0.2) is 38.2 Å². The maximum absolute atomic E-state index is 5.37. The minimum absolute atomic E-state index is 0.677. The van der Waals surface area contributed by atoms with Gasteiger partial charge in [0.15, 0.2) is 11.6 Å². The summed E-state index contributed by atoms with van der Waals surface area (Å²) in [6.45, 7) is 0. The summed E-state index contributed by atoms with van der Waals surface area (Å²) in [5, 5.41) is 14.4. The second kappa shape index (κ2) is 29.0. The number of rotatable bonds is 12. The molecule has 24 rings (SSSR count). The predicted octanol–water partition coefficient (Wildman–Crippen LogP) is 29.0. The second-order valence-electron chi connectivity index (χ2n) is 30.8. The van der Waals surface area contributed by atoms with Gasteiger partial charge in [-0.2, -0.15) is 0 Å². The standard InChI is InChI=1S/2C56H36N4/c1-4-17-37(18-5-1)39-22-16-23-41(31-39)56-57-49(38-19-6-2-7-20-38)35-50(58-56)42-32-40-21-10-11-26-44(40)53(33-42)60-52-30-15-13-28-46(52)48-34-47-45-27-12-14-29-51(45)59(54(47)36-55(48)60)43-24-8-3-9-25-43;1-4-17-37(18-5-1)39-22-16-23-41(31-39)50-35-49(38-19-6-2-7-20-38)57-56(58-50)42-32-40-21-10-11-26-44(40)53(33-42)60-52-30-15-13-28-46(52)48-34-47-45-27-12-14-29-51(45)59(54(47)36-55(48)60)43-24-8-3-9-25-43/h2*1-36H. The van der Waals surface area contributed by atoms with Crippen molar-refractivity contribution in [1.82, 2.24) is 38.2 Å². The van der Waals surface area contributed by atoms with E-state index in [0.29, 0.717) is 11.6 Å². The van der Waals surface area contributed by atoms with Crippen molar-refractivity contribution in [3.05, 3.63) is 437 Å². The molecule has 0 aliphatic heterocycles. The third-order valence-corrected chi connectivity index (χ3v) is 23.8. The van der Waals surface area contributed by atoms with Gasteiger partial charge in [-0.25, -0.2) is 19.9 Å². The highest BCUT2D eigenvalue weighted by atomic mass is 15.0. The van der Waals surface area contributed by atoms with Crippen molar-refractivity contribution in [2.75, 3.05) is 0 Å². The van der Waals surface area contributed by atoms with Gasteiger partial charge in [0.05, 0.1) is 78.3 Å². The van der Waals surface area contributed by atoms with E-state index in [1.54, 1.807) is 0 Å². The van der Waals surface area contributed by atoms with Crippen LogP contribution < -0.4 is 0 Å². The Morgan fingerprint density at radius 3 is 0.850 bits per heavy atom. The van der Waals surface area contributed by atoms with Crippen LogP contribution in [0.4, 0.5) is 0 Å². The van der Waals surface area contributed by atoms with Crippen molar-refractivity contribution in [2.24, 2.45) is 0 Å². The van der Waals surface area contributed by atoms with Crippen molar-refractivity contribution in [1.29, 1.82) is 0 Å². The maximum atomic E-state index is 5.37. The molecule has 0 atom stereocenters. The molecule has 0 radical (unpaired) electrons. The first-order valence-corrected chi connectivity index (χ1v) is 40.8. The molecular formula is C112H72N8. The highest BCUT2D eigenvalue weighted by molar-refractivity contribution is 6.22. The number of hydrogen-bond donors (Lipinski definition) is 0. The first kappa shape index (κ1) is 69.4. The average molecular weight is 1530 g/mol. The molecule has 0 aliphatic rings. The van der Waals surface area contributed by atoms with E-state index in [2.05, 4.69) is 437 Å². The fourth-order valence-electron chi connectivity index (χ4n) is 18.2. The molecule has 0 aliphatic carbocycles. The molecule has 0 spiro atoms. The molecular weight excluding hydrogens is 1460 g/mol. The molecule has 0 N–H and O–H groups in total. The lowest BCUT2D eigenvalue weighted by Crippen LogP contribution is -2.00. The zero-order valence-corrected chi connectivity index (χ0v) is 65.1. The zero-order valence-electron chi connectivity index (χ0n) is 65.1. The van der Waals surface area contributed by atoms with Crippen molar-refractivity contribution >= 4 is 109 Å². The number of hydrogen-bond acceptors (Lipinski definition) is 4. The first-order valence-electron chi connectivity index (χ1n) is 40.8. The van der Waals surface area contributed by atoms with Crippen LogP contribution in [-0.2, 0) is 0 Å². The second-order valence-corrected chi connectivity index (χ2v) is 30.8. The smallest absolute Gasteiger partial charge is 0.160 e. The van der Waals surface area contributed by atoms with Crippen molar-refractivity contribution in [3.8, 4) is 113 Å². The third-order valence-electron chi connectivity index (χ3n) is 23.8. The van der Waals surface area contributed by atoms with Crippen LogP contribution in [0, 0.1) is 0 Å². The number of aromatic nitrogens is 8. The average Bonchev–Trinajstić information content (AvgIpc) is 1.55. The van der Waals surface area contributed by atoms with Crippen LogP contribution in [0.3, 0.4) is 0 Å². The Bertz CT molecular complexity index is 7650. The van der Waals surface area contributed by atoms with Gasteiger partial charge in [0.1, 0.15) is 0 Å². The summed E-state index contributed by atoms with van der Waals surface area (Å²) in [7, 11) is 0. The van der Waals surface area contributed by atoms with Crippen molar-refractivity contribution in [2.45, 2.75) is 0 Å². The maximum Gasteiger partial charge on any atom is 0.160 e. The van der Waals surface area contributed by atoms with Crippen LogP contribution in [0.15, 0.2) is 437 Å². The molecule has 6 heterocycles. The van der Waals surface area contributed by atoms with Crippen molar-refractivity contribution < 1.29 is 0 Å². The minimum Gasteiger partial charge on any atom is -0.309 e. The lowest BCUT2D eigenvalue weighted by molar-refractivity contribution is 1.16. The number of para-hydroxylation sites is 6. The van der Waals surface area contributed by atoms with E-state index < -0.39 is 0 Å². The van der Waals surface area contributed by atoms with Gasteiger partial charge < -0.3 is 18.3 Å². The van der Waals surface area contributed by atoms with E-state index in [9.17, 15) is 0 Å². The van der Waals surface area contributed by atoms with E-state index in [1.165, 1.54) is 76.1 Å². The Morgan fingerprint density at radius 2 is 0.425 bits per heavy atom. The summed E-state index contributed by atoms with van der Waals surface area (Å²) >= 11 is 0. The molecule has 24 aromatic rings. The molecule has 0 unspecified atom stereocenters. The lowest BCUT2D eigenvalue weighted by Gasteiger charge is -2.16. The summed E-state index contributed by atoms with van der Waals surface area (Å²) in [6, 6.07) is 156. The number of fused-ring (bicyclic) bond motifs is 14. The quantitative estimate of drug-likeness (QED) is 0.122. The van der Waals surface area contributed by atoms with Gasteiger partial charge in [0.2, 0.25) is 0 Å². The van der Waals surface area contributed by atoms with Gasteiger partial charge >= 0.3 is 0 Å². The predicted molar refractivity (Wildman–Crippen MR) is 500 cm³/mol. The van der Waals surface area contributed by atoms with Crippen molar-refractivity contribution in [3.63, 3.8) is 0 Å². The van der Waals surface area contributed by atoms with E-state index >= 15 is 0 Å². The zero-order chi connectivity index (χ0) is 79.1. The Hall–Kier alpha value is -16.2.